The van der Waals surface area contributed by atoms with Gasteiger partial charge in [0.05, 0.1) is 13.3 Å². The third kappa shape index (κ3) is 49.8. The molecule has 0 heterocycles. The van der Waals surface area contributed by atoms with E-state index in [0.717, 1.165) is 13.5 Å². The average molecular weight is 277 g/mol. The molecule has 0 aromatic heterocycles. The maximum atomic E-state index is 9.33. The number of hydrogen-bond donors (Lipinski definition) is 6. The van der Waals surface area contributed by atoms with Gasteiger partial charge in [-0.3, -0.25) is 8.74 Å². The fourth-order valence-corrected chi connectivity index (χ4v) is 0.183. The zero-order valence-electron chi connectivity index (χ0n) is 10.2. The number of nitrogens with two attached hydrogens (primary N) is 2. The van der Waals surface area contributed by atoms with Crippen LogP contribution in [-0.4, -0.2) is 56.3 Å². The predicted octanol–water partition coefficient (Wildman–Crippen LogP) is -2.41. The SMILES string of the molecule is CCC(N)N.CNCC(O)O.COS(=O)(=O)O. The van der Waals surface area contributed by atoms with Crippen molar-refractivity contribution in [2.45, 2.75) is 25.8 Å². The standard InChI is InChI=1S/C3H10N2.C3H9NO2.CH4O4S/c1-2-3(4)5;1-4-2-3(5)6;1-5-6(2,3)4/h3H,2,4-5H2,1H3;3-6H,2H2,1H3;1H3,(H,2,3,4). The third-order valence-corrected chi connectivity index (χ3v) is 1.49. The van der Waals surface area contributed by atoms with E-state index < -0.39 is 16.7 Å². The van der Waals surface area contributed by atoms with E-state index >= 15 is 0 Å². The number of aliphatic hydroxyl groups excluding tert-OH is 1. The van der Waals surface area contributed by atoms with Gasteiger partial charge in [-0.25, -0.2) is 0 Å². The Hall–Kier alpha value is -0.330. The smallest absolute Gasteiger partial charge is 0.367 e. The largest absolute Gasteiger partial charge is 0.397 e. The van der Waals surface area contributed by atoms with Crippen LogP contribution in [0.25, 0.3) is 0 Å². The van der Waals surface area contributed by atoms with Gasteiger partial charge in [-0.15, -0.1) is 0 Å². The van der Waals surface area contributed by atoms with Crippen LogP contribution in [0.1, 0.15) is 13.3 Å². The van der Waals surface area contributed by atoms with Gasteiger partial charge in [0, 0.05) is 6.54 Å². The first kappa shape index (κ1) is 21.9. The van der Waals surface area contributed by atoms with Crippen LogP contribution in [0, 0.1) is 0 Å². The van der Waals surface area contributed by atoms with Crippen molar-refractivity contribution >= 4 is 10.4 Å². The molecule has 9 nitrogen and oxygen atoms in total. The second-order valence-electron chi connectivity index (χ2n) is 2.70. The van der Waals surface area contributed by atoms with Crippen LogP contribution in [0.15, 0.2) is 0 Å². The van der Waals surface area contributed by atoms with Crippen LogP contribution in [0.4, 0.5) is 0 Å². The molecular formula is C7H23N3O6S. The van der Waals surface area contributed by atoms with Crippen molar-refractivity contribution in [2.24, 2.45) is 11.5 Å². The van der Waals surface area contributed by atoms with E-state index in [2.05, 4.69) is 9.50 Å². The van der Waals surface area contributed by atoms with Crippen molar-refractivity contribution in [3.63, 3.8) is 0 Å². The van der Waals surface area contributed by atoms with E-state index in [-0.39, 0.29) is 12.7 Å². The van der Waals surface area contributed by atoms with Gasteiger partial charge < -0.3 is 27.0 Å². The highest BCUT2D eigenvalue weighted by molar-refractivity contribution is 7.80. The summed E-state index contributed by atoms with van der Waals surface area (Å²) in [6.07, 6.45) is -0.468. The van der Waals surface area contributed by atoms with Crippen molar-refractivity contribution in [1.82, 2.24) is 5.32 Å². The molecule has 0 aliphatic rings. The summed E-state index contributed by atoms with van der Waals surface area (Å²) in [5.41, 5.74) is 10.1. The molecule has 108 valence electrons. The Morgan fingerprint density at radius 1 is 1.35 bits per heavy atom. The molecule has 0 aliphatic carbocycles. The van der Waals surface area contributed by atoms with Gasteiger partial charge in [-0.05, 0) is 13.5 Å². The van der Waals surface area contributed by atoms with Crippen molar-refractivity contribution in [3.05, 3.63) is 0 Å². The molecule has 0 aromatic rings. The first-order chi connectivity index (χ1) is 7.60. The van der Waals surface area contributed by atoms with E-state index in [1.165, 1.54) is 0 Å². The summed E-state index contributed by atoms with van der Waals surface area (Å²) in [5, 5.41) is 18.7. The highest BCUT2D eigenvalue weighted by Gasteiger charge is 1.94. The summed E-state index contributed by atoms with van der Waals surface area (Å²) in [7, 11) is -1.64. The van der Waals surface area contributed by atoms with Crippen LogP contribution < -0.4 is 16.8 Å². The number of nitrogens with one attached hydrogen (secondary N) is 1. The summed E-state index contributed by atoms with van der Waals surface area (Å²) in [5.74, 6) is 0. The van der Waals surface area contributed by atoms with Gasteiger partial charge in [0.1, 0.15) is 0 Å². The number of likely N-dealkylation sites (N-methyl/N-ethyl adjacent to an activating group) is 1. The highest BCUT2D eigenvalue weighted by atomic mass is 32.3. The Balaban J connectivity index is -0.000000174. The molecule has 10 heteroatoms. The van der Waals surface area contributed by atoms with Crippen LogP contribution >= 0.6 is 0 Å². The van der Waals surface area contributed by atoms with Crippen molar-refractivity contribution in [2.75, 3.05) is 20.7 Å². The summed E-state index contributed by atoms with van der Waals surface area (Å²) >= 11 is 0. The Kier molecular flexibility index (Phi) is 17.7. The monoisotopic (exact) mass is 277 g/mol. The molecule has 0 saturated heterocycles. The van der Waals surface area contributed by atoms with Crippen molar-refractivity contribution in [1.29, 1.82) is 0 Å². The van der Waals surface area contributed by atoms with E-state index in [0.29, 0.717) is 0 Å². The molecule has 0 fully saturated rings. The van der Waals surface area contributed by atoms with Crippen molar-refractivity contribution < 1.29 is 27.4 Å². The van der Waals surface area contributed by atoms with Gasteiger partial charge in [-0.1, -0.05) is 6.92 Å². The normalized spacial score (nSPS) is 10.5. The zero-order chi connectivity index (χ0) is 14.5. The fourth-order valence-electron chi connectivity index (χ4n) is 0.183. The molecule has 17 heavy (non-hydrogen) atoms. The van der Waals surface area contributed by atoms with Crippen molar-refractivity contribution in [3.8, 4) is 0 Å². The molecule has 0 amide bonds. The molecule has 0 bridgehead atoms. The maximum Gasteiger partial charge on any atom is 0.397 e. The first-order valence-corrected chi connectivity index (χ1v) is 6.02. The van der Waals surface area contributed by atoms with Gasteiger partial charge in [-0.2, -0.15) is 8.42 Å². The Morgan fingerprint density at radius 3 is 1.65 bits per heavy atom. The Labute approximate surface area is 102 Å². The summed E-state index contributed by atoms with van der Waals surface area (Å²) in [6.45, 7) is 2.19. The molecule has 0 aromatic carbocycles. The third-order valence-electron chi connectivity index (χ3n) is 1.07. The second-order valence-corrected chi connectivity index (χ2v) is 3.89. The minimum Gasteiger partial charge on any atom is -0.367 e. The molecule has 0 radical (unpaired) electrons. The minimum absolute atomic E-state index is 0.116. The van der Waals surface area contributed by atoms with Crippen LogP contribution in [0.3, 0.4) is 0 Å². The molecule has 0 rings (SSSR count). The van der Waals surface area contributed by atoms with E-state index in [1.807, 2.05) is 6.92 Å². The quantitative estimate of drug-likeness (QED) is 0.242. The minimum atomic E-state index is -4.16. The topological polar surface area (TPSA) is 168 Å². The van der Waals surface area contributed by atoms with E-state index in [1.54, 1.807) is 7.05 Å². The van der Waals surface area contributed by atoms with Crippen LogP contribution in [0.5, 0.6) is 0 Å². The fraction of sp³-hybridized carbons (Fsp3) is 1.00. The Bertz CT molecular complexity index is 232. The zero-order valence-corrected chi connectivity index (χ0v) is 11.0. The number of aliphatic hydroxyl groups is 2. The summed E-state index contributed by atoms with van der Waals surface area (Å²) in [4.78, 5) is 0. The first-order valence-electron chi connectivity index (χ1n) is 4.65. The van der Waals surface area contributed by atoms with E-state index in [9.17, 15) is 8.42 Å². The second kappa shape index (κ2) is 13.7. The number of rotatable bonds is 4. The lowest BCUT2D eigenvalue weighted by Gasteiger charge is -1.97. The van der Waals surface area contributed by atoms with Gasteiger partial charge >= 0.3 is 10.4 Å². The van der Waals surface area contributed by atoms with Crippen LogP contribution in [-0.2, 0) is 14.6 Å². The molecular weight excluding hydrogens is 254 g/mol. The lowest BCUT2D eigenvalue weighted by Crippen LogP contribution is -2.28. The van der Waals surface area contributed by atoms with Crippen LogP contribution in [0.2, 0.25) is 0 Å². The molecule has 0 atom stereocenters. The lowest BCUT2D eigenvalue weighted by atomic mass is 10.4. The number of hydrogen-bond acceptors (Lipinski definition) is 8. The Morgan fingerprint density at radius 2 is 1.65 bits per heavy atom. The molecule has 0 aliphatic heterocycles. The van der Waals surface area contributed by atoms with E-state index in [4.69, 9.17) is 26.2 Å². The van der Waals surface area contributed by atoms with Gasteiger partial charge in [0.2, 0.25) is 0 Å². The lowest BCUT2D eigenvalue weighted by molar-refractivity contribution is -0.0359. The maximum absolute atomic E-state index is 9.33. The molecule has 8 N–H and O–H groups in total. The highest BCUT2D eigenvalue weighted by Crippen LogP contribution is 1.74. The summed E-state index contributed by atoms with van der Waals surface area (Å²) in [6, 6.07) is 0. The average Bonchev–Trinajstić information content (AvgIpc) is 2.18. The molecule has 0 saturated carbocycles. The molecule has 0 spiro atoms. The van der Waals surface area contributed by atoms with Gasteiger partial charge in [0.15, 0.2) is 6.29 Å². The summed E-state index contributed by atoms with van der Waals surface area (Å²) < 4.78 is 29.7. The predicted molar refractivity (Wildman–Crippen MR) is 63.2 cm³/mol. The molecule has 0 unspecified atom stereocenters. The van der Waals surface area contributed by atoms with Gasteiger partial charge in [0.25, 0.3) is 0 Å².